The molecule has 0 aliphatic rings. The fourth-order valence-corrected chi connectivity index (χ4v) is 3.03. The second-order valence-electron chi connectivity index (χ2n) is 4.39. The lowest BCUT2D eigenvalue weighted by Gasteiger charge is -2.19. The zero-order valence-corrected chi connectivity index (χ0v) is 13.1. The Bertz CT molecular complexity index is 512. The summed E-state index contributed by atoms with van der Waals surface area (Å²) in [4.78, 5) is -0.0454. The van der Waals surface area contributed by atoms with Gasteiger partial charge in [0.15, 0.2) is 0 Å². The molecule has 0 radical (unpaired) electrons. The summed E-state index contributed by atoms with van der Waals surface area (Å²) < 4.78 is 26.3. The van der Waals surface area contributed by atoms with E-state index in [0.29, 0.717) is 5.02 Å². The minimum absolute atomic E-state index is 0. The highest BCUT2D eigenvalue weighted by Crippen LogP contribution is 2.24. The van der Waals surface area contributed by atoms with Gasteiger partial charge in [0.25, 0.3) is 0 Å². The van der Waals surface area contributed by atoms with E-state index in [1.807, 2.05) is 0 Å². The van der Waals surface area contributed by atoms with E-state index in [0.717, 1.165) is 0 Å². The molecule has 0 saturated carbocycles. The highest BCUT2D eigenvalue weighted by Gasteiger charge is 2.21. The van der Waals surface area contributed by atoms with Crippen LogP contribution in [0.15, 0.2) is 23.1 Å². The van der Waals surface area contributed by atoms with E-state index in [1.165, 1.54) is 18.2 Å². The Morgan fingerprint density at radius 3 is 2.39 bits per heavy atom. The van der Waals surface area contributed by atoms with Crippen LogP contribution in [0.1, 0.15) is 13.8 Å². The Morgan fingerprint density at radius 2 is 1.89 bits per heavy atom. The number of benzene rings is 1. The molecule has 104 valence electrons. The van der Waals surface area contributed by atoms with Gasteiger partial charge >= 0.3 is 0 Å². The summed E-state index contributed by atoms with van der Waals surface area (Å²) in [7, 11) is -3.69. The Balaban J connectivity index is 0.00000289. The van der Waals surface area contributed by atoms with Crippen LogP contribution in [0.2, 0.25) is 10.0 Å². The van der Waals surface area contributed by atoms with Gasteiger partial charge in [-0.25, -0.2) is 13.1 Å². The average molecular weight is 334 g/mol. The highest BCUT2D eigenvalue weighted by atomic mass is 35.5. The van der Waals surface area contributed by atoms with Gasteiger partial charge in [-0.15, -0.1) is 12.4 Å². The number of nitrogens with two attached hydrogens (primary N) is 1. The van der Waals surface area contributed by atoms with Gasteiger partial charge in [0.2, 0.25) is 10.0 Å². The van der Waals surface area contributed by atoms with E-state index in [2.05, 4.69) is 4.72 Å². The lowest BCUT2D eigenvalue weighted by atomic mass is 10.1. The quantitative estimate of drug-likeness (QED) is 0.889. The van der Waals surface area contributed by atoms with Crippen LogP contribution < -0.4 is 10.5 Å². The van der Waals surface area contributed by atoms with E-state index in [9.17, 15) is 8.42 Å². The zero-order valence-electron chi connectivity index (χ0n) is 9.91. The van der Waals surface area contributed by atoms with Crippen molar-refractivity contribution in [3.63, 3.8) is 0 Å². The highest BCUT2D eigenvalue weighted by molar-refractivity contribution is 7.89. The van der Waals surface area contributed by atoms with Gasteiger partial charge in [-0.2, -0.15) is 0 Å². The third-order valence-electron chi connectivity index (χ3n) is 1.90. The Labute approximate surface area is 123 Å². The van der Waals surface area contributed by atoms with Crippen molar-refractivity contribution in [3.8, 4) is 0 Å². The molecule has 1 aromatic rings. The van der Waals surface area contributed by atoms with Crippen molar-refractivity contribution >= 4 is 45.6 Å². The van der Waals surface area contributed by atoms with Gasteiger partial charge in [0.1, 0.15) is 4.90 Å². The molecule has 0 bridgehead atoms. The Hall–Kier alpha value is -0.0400. The number of hydrogen-bond donors (Lipinski definition) is 2. The molecular weight excluding hydrogens is 319 g/mol. The molecule has 1 rings (SSSR count). The van der Waals surface area contributed by atoms with Crippen LogP contribution >= 0.6 is 35.6 Å². The fourth-order valence-electron chi connectivity index (χ4n) is 1.04. The number of nitrogens with one attached hydrogen (secondary N) is 1. The molecule has 0 heterocycles. The Kier molecular flexibility index (Phi) is 6.40. The maximum absolute atomic E-state index is 11.9. The monoisotopic (exact) mass is 332 g/mol. The van der Waals surface area contributed by atoms with Crippen molar-refractivity contribution < 1.29 is 8.42 Å². The first-order chi connectivity index (χ1) is 7.62. The summed E-state index contributed by atoms with van der Waals surface area (Å²) in [6, 6.07) is 4.26. The number of rotatable bonds is 4. The third kappa shape index (κ3) is 5.30. The van der Waals surface area contributed by atoms with Crippen LogP contribution in [0.4, 0.5) is 0 Å². The van der Waals surface area contributed by atoms with Gasteiger partial charge in [0, 0.05) is 17.1 Å². The van der Waals surface area contributed by atoms with Gasteiger partial charge in [-0.3, -0.25) is 0 Å². The fraction of sp³-hybridized carbons (Fsp3) is 0.400. The topological polar surface area (TPSA) is 72.2 Å². The summed E-state index contributed by atoms with van der Waals surface area (Å²) in [5.41, 5.74) is 5.06. The smallest absolute Gasteiger partial charge is 0.242 e. The minimum Gasteiger partial charge on any atom is -0.324 e. The second kappa shape index (κ2) is 6.41. The molecule has 0 fully saturated rings. The largest absolute Gasteiger partial charge is 0.324 e. The van der Waals surface area contributed by atoms with Crippen molar-refractivity contribution in [1.29, 1.82) is 0 Å². The predicted octanol–water partition coefficient (Wildman–Crippen LogP) is 2.43. The molecule has 0 spiro atoms. The molecule has 0 unspecified atom stereocenters. The molecule has 0 aliphatic heterocycles. The summed E-state index contributed by atoms with van der Waals surface area (Å²) in [5, 5.41) is 0.429. The first kappa shape index (κ1) is 18.0. The van der Waals surface area contributed by atoms with Crippen LogP contribution in [-0.2, 0) is 10.0 Å². The number of halogens is 3. The second-order valence-corrected chi connectivity index (χ2v) is 6.97. The molecule has 0 aromatic heterocycles. The number of sulfonamides is 1. The molecule has 0 amide bonds. The minimum atomic E-state index is -3.69. The van der Waals surface area contributed by atoms with Gasteiger partial charge in [-0.05, 0) is 32.0 Å². The molecule has 0 aliphatic carbocycles. The Morgan fingerprint density at radius 1 is 1.33 bits per heavy atom. The summed E-state index contributed by atoms with van der Waals surface area (Å²) in [6.45, 7) is 3.54. The van der Waals surface area contributed by atoms with Crippen molar-refractivity contribution in [2.75, 3.05) is 6.54 Å². The summed E-state index contributed by atoms with van der Waals surface area (Å²) >= 11 is 11.6. The van der Waals surface area contributed by atoms with E-state index in [1.54, 1.807) is 13.8 Å². The predicted molar refractivity (Wildman–Crippen MR) is 77.2 cm³/mol. The third-order valence-corrected chi connectivity index (χ3v) is 4.02. The zero-order chi connectivity index (χ0) is 13.3. The maximum Gasteiger partial charge on any atom is 0.242 e. The van der Waals surface area contributed by atoms with Crippen molar-refractivity contribution in [3.05, 3.63) is 28.2 Å². The number of hydrogen-bond acceptors (Lipinski definition) is 3. The molecule has 4 nitrogen and oxygen atoms in total. The molecule has 0 saturated heterocycles. The van der Waals surface area contributed by atoms with Crippen molar-refractivity contribution in [2.24, 2.45) is 5.73 Å². The SMILES string of the molecule is CC(C)(N)CNS(=O)(=O)c1cc(Cl)ccc1Cl.Cl. The van der Waals surface area contributed by atoms with E-state index < -0.39 is 15.6 Å². The van der Waals surface area contributed by atoms with Crippen molar-refractivity contribution in [2.45, 2.75) is 24.3 Å². The molecule has 18 heavy (non-hydrogen) atoms. The van der Waals surface area contributed by atoms with Crippen LogP contribution in [-0.4, -0.2) is 20.5 Å². The summed E-state index contributed by atoms with van der Waals surface area (Å²) in [5.74, 6) is 0. The van der Waals surface area contributed by atoms with E-state index in [-0.39, 0.29) is 28.9 Å². The average Bonchev–Trinajstić information content (AvgIpc) is 2.18. The van der Waals surface area contributed by atoms with Crippen LogP contribution in [0.3, 0.4) is 0 Å². The normalized spacial score (nSPS) is 12.1. The molecule has 8 heteroatoms. The molecule has 1 aromatic carbocycles. The maximum atomic E-state index is 11.9. The van der Waals surface area contributed by atoms with E-state index >= 15 is 0 Å². The van der Waals surface area contributed by atoms with Crippen LogP contribution in [0.5, 0.6) is 0 Å². The van der Waals surface area contributed by atoms with Crippen LogP contribution in [0, 0.1) is 0 Å². The van der Waals surface area contributed by atoms with E-state index in [4.69, 9.17) is 28.9 Å². The first-order valence-corrected chi connectivity index (χ1v) is 7.09. The van der Waals surface area contributed by atoms with Crippen molar-refractivity contribution in [1.82, 2.24) is 4.72 Å². The summed E-state index contributed by atoms with van der Waals surface area (Å²) in [6.07, 6.45) is 0. The van der Waals surface area contributed by atoms with Crippen LogP contribution in [0.25, 0.3) is 0 Å². The first-order valence-electron chi connectivity index (χ1n) is 4.85. The standard InChI is InChI=1S/C10H14Cl2N2O2S.ClH/c1-10(2,13)6-14-17(15,16)9-5-7(11)3-4-8(9)12;/h3-5,14H,6,13H2,1-2H3;1H. The van der Waals surface area contributed by atoms with Gasteiger partial charge in [0.05, 0.1) is 5.02 Å². The molecule has 0 atom stereocenters. The lowest BCUT2D eigenvalue weighted by molar-refractivity contribution is 0.498. The lowest BCUT2D eigenvalue weighted by Crippen LogP contribution is -2.45. The molecular formula is C10H15Cl3N2O2S. The molecule has 3 N–H and O–H groups in total. The van der Waals surface area contributed by atoms with Gasteiger partial charge < -0.3 is 5.73 Å². The van der Waals surface area contributed by atoms with Gasteiger partial charge in [-0.1, -0.05) is 23.2 Å².